The second-order valence-electron chi connectivity index (χ2n) is 4.41. The topological polar surface area (TPSA) is 96.2 Å². The molecule has 6 nitrogen and oxygen atoms in total. The van der Waals surface area contributed by atoms with Crippen LogP contribution in [-0.2, 0) is 4.79 Å². The Bertz CT molecular complexity index is 264. The van der Waals surface area contributed by atoms with Crippen molar-refractivity contribution < 1.29 is 9.59 Å². The van der Waals surface area contributed by atoms with Crippen molar-refractivity contribution in [1.29, 1.82) is 0 Å². The fourth-order valence-electron chi connectivity index (χ4n) is 1.42. The zero-order valence-electron chi connectivity index (χ0n) is 11.6. The number of thiol groups is 1. The van der Waals surface area contributed by atoms with E-state index in [4.69, 9.17) is 5.73 Å². The maximum Gasteiger partial charge on any atom is 0.315 e. The molecule has 0 radical (unpaired) electrons. The molecule has 0 aliphatic heterocycles. The molecule has 0 unspecified atom stereocenters. The Labute approximate surface area is 120 Å². The fraction of sp³-hybridized carbons (Fsp3) is 0.833. The number of nitrogens with one attached hydrogen (secondary N) is 3. The van der Waals surface area contributed by atoms with Gasteiger partial charge < -0.3 is 21.7 Å². The first kappa shape index (κ1) is 18.0. The second kappa shape index (κ2) is 12.1. The minimum absolute atomic E-state index is 0.373. The van der Waals surface area contributed by atoms with Crippen LogP contribution in [0, 0.1) is 0 Å². The predicted molar refractivity (Wildman–Crippen MR) is 80.4 cm³/mol. The Kier molecular flexibility index (Phi) is 11.5. The van der Waals surface area contributed by atoms with Gasteiger partial charge in [-0.05, 0) is 32.1 Å². The molecule has 0 aromatic carbocycles. The maximum absolute atomic E-state index is 11.3. The predicted octanol–water partition coefficient (Wildman–Crippen LogP) is 0.239. The summed E-state index contributed by atoms with van der Waals surface area (Å²) in [6, 6.07) is -1.03. The van der Waals surface area contributed by atoms with Crippen LogP contribution in [0.3, 0.4) is 0 Å². The quantitative estimate of drug-likeness (QED) is 0.278. The summed E-state index contributed by atoms with van der Waals surface area (Å²) in [6.45, 7) is 3.73. The van der Waals surface area contributed by atoms with Crippen molar-refractivity contribution in [2.45, 2.75) is 38.6 Å². The minimum atomic E-state index is -0.653. The molecule has 3 amide bonds. The molecule has 1 atom stereocenters. The lowest BCUT2D eigenvalue weighted by Crippen LogP contribution is -2.47. The molecule has 0 aromatic heterocycles. The van der Waals surface area contributed by atoms with E-state index in [9.17, 15) is 9.59 Å². The normalized spacial score (nSPS) is 11.9. The number of hydrogen-bond acceptors (Lipinski definition) is 4. The molecule has 0 heterocycles. The molecule has 0 rings (SSSR count). The molecule has 0 fully saturated rings. The van der Waals surface area contributed by atoms with E-state index < -0.39 is 11.9 Å². The first-order valence-electron chi connectivity index (χ1n) is 6.73. The Balaban J connectivity index is 3.30. The van der Waals surface area contributed by atoms with E-state index in [2.05, 4.69) is 28.6 Å². The molecule has 0 saturated heterocycles. The lowest BCUT2D eigenvalue weighted by molar-refractivity contribution is -0.119. The molecule has 0 spiro atoms. The highest BCUT2D eigenvalue weighted by atomic mass is 32.1. The van der Waals surface area contributed by atoms with E-state index in [1.807, 2.05) is 0 Å². The minimum Gasteiger partial charge on any atom is -0.368 e. The van der Waals surface area contributed by atoms with Gasteiger partial charge in [-0.3, -0.25) is 4.79 Å². The number of nitrogens with two attached hydrogens (primary N) is 1. The summed E-state index contributed by atoms with van der Waals surface area (Å²) in [6.07, 6.45) is 4.73. The summed E-state index contributed by atoms with van der Waals surface area (Å²) in [5, 5.41) is 8.33. The molecule has 0 aromatic rings. The summed E-state index contributed by atoms with van der Waals surface area (Å²) < 4.78 is 0. The molecule has 112 valence electrons. The molecular formula is C12H26N4O2S. The average molecular weight is 290 g/mol. The van der Waals surface area contributed by atoms with Gasteiger partial charge >= 0.3 is 6.03 Å². The highest BCUT2D eigenvalue weighted by Crippen LogP contribution is 1.99. The first-order valence-corrected chi connectivity index (χ1v) is 7.36. The molecule has 0 aliphatic carbocycles. The molecule has 7 heteroatoms. The van der Waals surface area contributed by atoms with Crippen molar-refractivity contribution in [1.82, 2.24) is 16.0 Å². The number of rotatable bonds is 11. The van der Waals surface area contributed by atoms with E-state index in [1.54, 1.807) is 6.92 Å². The van der Waals surface area contributed by atoms with Gasteiger partial charge in [-0.15, -0.1) is 0 Å². The van der Waals surface area contributed by atoms with Crippen LogP contribution in [0.5, 0.6) is 0 Å². The maximum atomic E-state index is 11.3. The van der Waals surface area contributed by atoms with Gasteiger partial charge in [0.1, 0.15) is 6.04 Å². The third kappa shape index (κ3) is 11.9. The lowest BCUT2D eigenvalue weighted by Gasteiger charge is -2.11. The largest absolute Gasteiger partial charge is 0.368 e. The van der Waals surface area contributed by atoms with Gasteiger partial charge in [-0.1, -0.05) is 12.8 Å². The zero-order chi connectivity index (χ0) is 14.5. The zero-order valence-corrected chi connectivity index (χ0v) is 12.5. The highest BCUT2D eigenvalue weighted by molar-refractivity contribution is 7.80. The van der Waals surface area contributed by atoms with E-state index in [0.29, 0.717) is 13.1 Å². The van der Waals surface area contributed by atoms with E-state index in [1.165, 1.54) is 19.3 Å². The SMILES string of the molecule is C[C@H](NC(=O)NCCNCCCCCCS)C(N)=O. The Morgan fingerprint density at radius 3 is 2.42 bits per heavy atom. The molecule has 5 N–H and O–H groups in total. The van der Waals surface area contributed by atoms with Crippen molar-refractivity contribution in [3.05, 3.63) is 0 Å². The number of unbranched alkanes of at least 4 members (excludes halogenated alkanes) is 3. The smallest absolute Gasteiger partial charge is 0.315 e. The van der Waals surface area contributed by atoms with Crippen LogP contribution >= 0.6 is 12.6 Å². The Hall–Kier alpha value is -0.950. The van der Waals surface area contributed by atoms with Gasteiger partial charge in [-0.2, -0.15) is 12.6 Å². The van der Waals surface area contributed by atoms with Crippen molar-refractivity contribution in [3.63, 3.8) is 0 Å². The Morgan fingerprint density at radius 1 is 1.11 bits per heavy atom. The van der Waals surface area contributed by atoms with Gasteiger partial charge in [0.25, 0.3) is 0 Å². The van der Waals surface area contributed by atoms with Crippen LogP contribution < -0.4 is 21.7 Å². The van der Waals surface area contributed by atoms with Gasteiger partial charge in [0.15, 0.2) is 0 Å². The first-order chi connectivity index (χ1) is 9.07. The monoisotopic (exact) mass is 290 g/mol. The Morgan fingerprint density at radius 2 is 1.79 bits per heavy atom. The van der Waals surface area contributed by atoms with Gasteiger partial charge in [0.05, 0.1) is 0 Å². The molecular weight excluding hydrogens is 264 g/mol. The fourth-order valence-corrected chi connectivity index (χ4v) is 1.65. The van der Waals surface area contributed by atoms with Crippen LogP contribution in [0.15, 0.2) is 0 Å². The van der Waals surface area contributed by atoms with E-state index in [-0.39, 0.29) is 6.03 Å². The number of hydrogen-bond donors (Lipinski definition) is 5. The molecule has 0 saturated carbocycles. The summed E-state index contributed by atoms with van der Waals surface area (Å²) in [5.41, 5.74) is 5.03. The van der Waals surface area contributed by atoms with Gasteiger partial charge in [-0.25, -0.2) is 4.79 Å². The summed E-state index contributed by atoms with van der Waals surface area (Å²) in [4.78, 5) is 22.0. The molecule has 0 aliphatic rings. The van der Waals surface area contributed by atoms with Crippen LogP contribution in [0.25, 0.3) is 0 Å². The summed E-state index contributed by atoms with van der Waals surface area (Å²) in [5.74, 6) is 0.408. The van der Waals surface area contributed by atoms with Crippen LogP contribution in [0.1, 0.15) is 32.6 Å². The van der Waals surface area contributed by atoms with E-state index >= 15 is 0 Å². The summed E-state index contributed by atoms with van der Waals surface area (Å²) >= 11 is 4.16. The third-order valence-corrected chi connectivity index (χ3v) is 2.94. The second-order valence-corrected chi connectivity index (χ2v) is 4.86. The number of carbonyl (C=O) groups excluding carboxylic acids is 2. The number of carbonyl (C=O) groups is 2. The van der Waals surface area contributed by atoms with Crippen LogP contribution in [-0.4, -0.2) is 43.4 Å². The van der Waals surface area contributed by atoms with E-state index in [0.717, 1.165) is 18.7 Å². The van der Waals surface area contributed by atoms with Crippen LogP contribution in [0.2, 0.25) is 0 Å². The van der Waals surface area contributed by atoms with Gasteiger partial charge in [0.2, 0.25) is 5.91 Å². The lowest BCUT2D eigenvalue weighted by atomic mass is 10.2. The number of urea groups is 1. The summed E-state index contributed by atoms with van der Waals surface area (Å²) in [7, 11) is 0. The number of primary amides is 1. The van der Waals surface area contributed by atoms with Crippen molar-refractivity contribution in [2.24, 2.45) is 5.73 Å². The standard InChI is InChI=1S/C12H26N4O2S/c1-10(11(13)17)16-12(18)15-8-7-14-6-4-2-3-5-9-19/h10,14,19H,2-9H2,1H3,(H2,13,17)(H2,15,16,18)/t10-/m0/s1. The van der Waals surface area contributed by atoms with Crippen molar-refractivity contribution in [3.8, 4) is 0 Å². The average Bonchev–Trinajstić information content (AvgIpc) is 2.36. The highest BCUT2D eigenvalue weighted by Gasteiger charge is 2.10. The van der Waals surface area contributed by atoms with Crippen molar-refractivity contribution in [2.75, 3.05) is 25.4 Å². The molecule has 19 heavy (non-hydrogen) atoms. The third-order valence-electron chi connectivity index (χ3n) is 2.62. The van der Waals surface area contributed by atoms with Crippen LogP contribution in [0.4, 0.5) is 4.79 Å². The van der Waals surface area contributed by atoms with Crippen molar-refractivity contribution >= 4 is 24.6 Å². The number of amides is 3. The van der Waals surface area contributed by atoms with Gasteiger partial charge in [0, 0.05) is 13.1 Å². The molecule has 0 bridgehead atoms.